The van der Waals surface area contributed by atoms with E-state index in [0.717, 1.165) is 31.4 Å². The van der Waals surface area contributed by atoms with Gasteiger partial charge in [0.25, 0.3) is 0 Å². The lowest BCUT2D eigenvalue weighted by Gasteiger charge is -2.30. The summed E-state index contributed by atoms with van der Waals surface area (Å²) in [7, 11) is 1.67. The summed E-state index contributed by atoms with van der Waals surface area (Å²) < 4.78 is 5.34. The molecule has 0 unspecified atom stereocenters. The number of methoxy groups -OCH3 is 1. The molecule has 2 amide bonds. The van der Waals surface area contributed by atoms with E-state index in [1.807, 2.05) is 12.1 Å². The Morgan fingerprint density at radius 3 is 2.50 bits per heavy atom. The number of nitrogens with zero attached hydrogens (tertiary/aromatic N) is 1. The van der Waals surface area contributed by atoms with Crippen LogP contribution in [-0.4, -0.2) is 37.6 Å². The first-order chi connectivity index (χ1) is 12.4. The van der Waals surface area contributed by atoms with Crippen molar-refractivity contribution >= 4 is 17.5 Å². The number of rotatable bonds is 6. The lowest BCUT2D eigenvalue weighted by molar-refractivity contribution is -0.128. The van der Waals surface area contributed by atoms with Crippen LogP contribution >= 0.6 is 0 Å². The first-order valence-electron chi connectivity index (χ1n) is 9.65. The van der Waals surface area contributed by atoms with E-state index >= 15 is 0 Å². The van der Waals surface area contributed by atoms with Crippen molar-refractivity contribution in [3.63, 3.8) is 0 Å². The molecule has 5 nitrogen and oxygen atoms in total. The summed E-state index contributed by atoms with van der Waals surface area (Å²) >= 11 is 0. The molecule has 1 saturated heterocycles. The molecule has 5 heteroatoms. The molecule has 3 rings (SSSR count). The molecule has 2 fully saturated rings. The average Bonchev–Trinajstić information content (AvgIpc) is 3.22. The van der Waals surface area contributed by atoms with Gasteiger partial charge in [0, 0.05) is 25.8 Å². The van der Waals surface area contributed by atoms with Gasteiger partial charge in [-0.2, -0.15) is 0 Å². The molecule has 0 bridgehead atoms. The second-order valence-electron chi connectivity index (χ2n) is 8.06. The zero-order valence-electron chi connectivity index (χ0n) is 16.1. The Balaban J connectivity index is 1.66. The van der Waals surface area contributed by atoms with Crippen molar-refractivity contribution in [2.24, 2.45) is 5.92 Å². The summed E-state index contributed by atoms with van der Waals surface area (Å²) in [6.07, 6.45) is 4.41. The van der Waals surface area contributed by atoms with Gasteiger partial charge < -0.3 is 15.0 Å². The number of hydrogen-bond acceptors (Lipinski definition) is 3. The van der Waals surface area contributed by atoms with Gasteiger partial charge in [0.2, 0.25) is 11.8 Å². The zero-order valence-corrected chi connectivity index (χ0v) is 16.1. The van der Waals surface area contributed by atoms with Crippen molar-refractivity contribution in [1.29, 1.82) is 0 Å². The maximum absolute atomic E-state index is 12.8. The minimum absolute atomic E-state index is 0.0152. The molecular weight excluding hydrogens is 328 g/mol. The van der Waals surface area contributed by atoms with E-state index in [9.17, 15) is 9.59 Å². The highest BCUT2D eigenvalue weighted by molar-refractivity contribution is 6.00. The van der Waals surface area contributed by atoms with Gasteiger partial charge in [-0.1, -0.05) is 38.8 Å². The van der Waals surface area contributed by atoms with Crippen molar-refractivity contribution in [3.8, 4) is 0 Å². The topological polar surface area (TPSA) is 58.6 Å². The van der Waals surface area contributed by atoms with Crippen molar-refractivity contribution in [2.45, 2.75) is 57.4 Å². The quantitative estimate of drug-likeness (QED) is 0.849. The Morgan fingerprint density at radius 2 is 1.92 bits per heavy atom. The maximum atomic E-state index is 12.8. The summed E-state index contributed by atoms with van der Waals surface area (Å²) in [5.74, 6) is 0.176. The summed E-state index contributed by atoms with van der Waals surface area (Å²) in [6, 6.07) is 8.09. The van der Waals surface area contributed by atoms with E-state index in [0.29, 0.717) is 19.1 Å². The Kier molecular flexibility index (Phi) is 5.66. The van der Waals surface area contributed by atoms with Crippen molar-refractivity contribution in [3.05, 3.63) is 29.8 Å². The number of carbonyl (C=O) groups excluding carboxylic acids is 2. The lowest BCUT2D eigenvalue weighted by atomic mass is 9.96. The molecule has 0 spiro atoms. The number of anilines is 1. The monoisotopic (exact) mass is 358 g/mol. The fourth-order valence-electron chi connectivity index (χ4n) is 4.17. The third kappa shape index (κ3) is 3.93. The molecule has 1 aliphatic heterocycles. The van der Waals surface area contributed by atoms with Gasteiger partial charge in [0.15, 0.2) is 0 Å². The van der Waals surface area contributed by atoms with Crippen molar-refractivity contribution in [2.75, 3.05) is 25.2 Å². The third-order valence-corrected chi connectivity index (χ3v) is 5.74. The first-order valence-corrected chi connectivity index (χ1v) is 9.65. The molecule has 142 valence electrons. The number of hydrogen-bond donors (Lipinski definition) is 1. The fourth-order valence-corrected chi connectivity index (χ4v) is 4.17. The normalized spacial score (nSPS) is 22.2. The standard InChI is InChI=1S/C21H30N2O3/c1-15(2)16-6-8-18(9-7-16)23-13-17(12-19(23)24)20(25)22-21(14-26-3)10-4-5-11-21/h6-9,15,17H,4-5,10-14H2,1-3H3,(H,22,25)/t17-/m0/s1. The van der Waals surface area contributed by atoms with E-state index in [4.69, 9.17) is 4.74 Å². The van der Waals surface area contributed by atoms with Crippen LogP contribution in [0, 0.1) is 5.92 Å². The van der Waals surface area contributed by atoms with Crippen LogP contribution in [0.3, 0.4) is 0 Å². The van der Waals surface area contributed by atoms with Crippen molar-refractivity contribution < 1.29 is 14.3 Å². The van der Waals surface area contributed by atoms with Crippen LogP contribution in [0.5, 0.6) is 0 Å². The molecule has 0 radical (unpaired) electrons. The van der Waals surface area contributed by atoms with E-state index in [1.54, 1.807) is 12.0 Å². The molecule has 1 N–H and O–H groups in total. The molecule has 26 heavy (non-hydrogen) atoms. The summed E-state index contributed by atoms with van der Waals surface area (Å²) in [4.78, 5) is 27.0. The number of benzene rings is 1. The molecule has 1 heterocycles. The molecule has 0 aromatic heterocycles. The van der Waals surface area contributed by atoms with Gasteiger partial charge in [0.05, 0.1) is 18.1 Å². The minimum Gasteiger partial charge on any atom is -0.382 e. The summed E-state index contributed by atoms with van der Waals surface area (Å²) in [5, 5.41) is 3.21. The van der Waals surface area contributed by atoms with Gasteiger partial charge in [0.1, 0.15) is 0 Å². The van der Waals surface area contributed by atoms with Gasteiger partial charge in [-0.25, -0.2) is 0 Å². The largest absolute Gasteiger partial charge is 0.382 e. The average molecular weight is 358 g/mol. The Hall–Kier alpha value is -1.88. The van der Waals surface area contributed by atoms with E-state index < -0.39 is 0 Å². The number of nitrogens with one attached hydrogen (secondary N) is 1. The van der Waals surface area contributed by atoms with Crippen LogP contribution in [-0.2, 0) is 14.3 Å². The van der Waals surface area contributed by atoms with Gasteiger partial charge in [-0.3, -0.25) is 9.59 Å². The molecule has 1 aromatic rings. The first kappa shape index (κ1) is 18.9. The SMILES string of the molecule is COCC1(NC(=O)[C@H]2CC(=O)N(c3ccc(C(C)C)cc3)C2)CCCC1. The minimum atomic E-state index is -0.290. The predicted molar refractivity (Wildman–Crippen MR) is 102 cm³/mol. The zero-order chi connectivity index (χ0) is 18.7. The molecule has 2 aliphatic rings. The number of amides is 2. The van der Waals surface area contributed by atoms with Gasteiger partial charge in [-0.15, -0.1) is 0 Å². The van der Waals surface area contributed by atoms with Crippen LogP contribution in [0.25, 0.3) is 0 Å². The number of carbonyl (C=O) groups is 2. The Labute approximate surface area is 156 Å². The van der Waals surface area contributed by atoms with Crippen LogP contribution in [0.1, 0.15) is 57.4 Å². The predicted octanol–water partition coefficient (Wildman–Crippen LogP) is 3.24. The fraction of sp³-hybridized carbons (Fsp3) is 0.619. The highest BCUT2D eigenvalue weighted by Gasteiger charge is 2.40. The second kappa shape index (κ2) is 7.78. The maximum Gasteiger partial charge on any atom is 0.227 e. The molecule has 1 atom stereocenters. The molecule has 1 aliphatic carbocycles. The van der Waals surface area contributed by atoms with Gasteiger partial charge in [-0.05, 0) is 36.5 Å². The number of ether oxygens (including phenoxy) is 1. The molecular formula is C21H30N2O3. The Morgan fingerprint density at radius 1 is 1.27 bits per heavy atom. The van der Waals surface area contributed by atoms with Gasteiger partial charge >= 0.3 is 0 Å². The summed E-state index contributed by atoms with van der Waals surface area (Å²) in [5.41, 5.74) is 1.88. The van der Waals surface area contributed by atoms with Crippen LogP contribution < -0.4 is 10.2 Å². The van der Waals surface area contributed by atoms with E-state index in [2.05, 4.69) is 31.3 Å². The van der Waals surface area contributed by atoms with Crippen LogP contribution in [0.15, 0.2) is 24.3 Å². The van der Waals surface area contributed by atoms with Crippen LogP contribution in [0.4, 0.5) is 5.69 Å². The van der Waals surface area contributed by atoms with Crippen LogP contribution in [0.2, 0.25) is 0 Å². The molecule has 1 saturated carbocycles. The highest BCUT2D eigenvalue weighted by Crippen LogP contribution is 2.32. The van der Waals surface area contributed by atoms with E-state index in [-0.39, 0.29) is 29.7 Å². The smallest absolute Gasteiger partial charge is 0.227 e. The van der Waals surface area contributed by atoms with Crippen molar-refractivity contribution in [1.82, 2.24) is 5.32 Å². The molecule has 1 aromatic carbocycles. The second-order valence-corrected chi connectivity index (χ2v) is 8.06. The Bertz CT molecular complexity index is 648. The summed E-state index contributed by atoms with van der Waals surface area (Å²) in [6.45, 7) is 5.29. The highest BCUT2D eigenvalue weighted by atomic mass is 16.5. The third-order valence-electron chi connectivity index (χ3n) is 5.74. The lowest BCUT2D eigenvalue weighted by Crippen LogP contribution is -2.51. The van der Waals surface area contributed by atoms with E-state index in [1.165, 1.54) is 5.56 Å².